The molecule has 0 saturated heterocycles. The number of aliphatic hydroxyl groups is 1. The summed E-state index contributed by atoms with van der Waals surface area (Å²) in [7, 11) is 1.25. The average Bonchev–Trinajstić information content (AvgIpc) is 2.31. The molecule has 1 N–H and O–H groups in total. The van der Waals surface area contributed by atoms with Crippen molar-refractivity contribution in [1.29, 1.82) is 0 Å². The van der Waals surface area contributed by atoms with E-state index in [1.165, 1.54) is 13.3 Å². The Kier molecular flexibility index (Phi) is 4.43. The summed E-state index contributed by atoms with van der Waals surface area (Å²) in [5, 5.41) is 8.88. The zero-order chi connectivity index (χ0) is 11.1. The highest BCUT2D eigenvalue weighted by atomic mass is 16.5. The van der Waals surface area contributed by atoms with Gasteiger partial charge in [-0.05, 0) is 6.07 Å². The molecular formula is C10H12N2O3. The number of methoxy groups -OCH3 is 1. The first-order chi connectivity index (χ1) is 7.27. The molecule has 0 aliphatic heterocycles. The Morgan fingerprint density at radius 1 is 1.80 bits per heavy atom. The standard InChI is InChI=1S/C10H12N2O3/c1-15-10(14)9(7-13)12-6-8-3-2-4-11-5-8/h2-6,9,13H,7H2,1H3. The van der Waals surface area contributed by atoms with E-state index in [1.807, 2.05) is 0 Å². The Morgan fingerprint density at radius 2 is 2.60 bits per heavy atom. The van der Waals surface area contributed by atoms with Gasteiger partial charge in [-0.1, -0.05) is 6.07 Å². The molecule has 1 unspecified atom stereocenters. The molecule has 1 heterocycles. The smallest absolute Gasteiger partial charge is 0.332 e. The number of aliphatic imine (C=N–C) groups is 1. The van der Waals surface area contributed by atoms with Gasteiger partial charge in [0.2, 0.25) is 0 Å². The average molecular weight is 208 g/mol. The topological polar surface area (TPSA) is 71.8 Å². The van der Waals surface area contributed by atoms with E-state index in [9.17, 15) is 4.79 Å². The fourth-order valence-electron chi connectivity index (χ4n) is 0.947. The molecule has 0 fully saturated rings. The van der Waals surface area contributed by atoms with Gasteiger partial charge < -0.3 is 9.84 Å². The first kappa shape index (κ1) is 11.3. The molecule has 0 aromatic carbocycles. The molecule has 1 aromatic rings. The zero-order valence-electron chi connectivity index (χ0n) is 8.33. The lowest BCUT2D eigenvalue weighted by atomic mass is 10.3. The third-order valence-corrected chi connectivity index (χ3v) is 1.73. The number of hydrogen-bond donors (Lipinski definition) is 1. The minimum absolute atomic E-state index is 0.372. The van der Waals surface area contributed by atoms with Crippen LogP contribution < -0.4 is 0 Å². The maximum Gasteiger partial charge on any atom is 0.332 e. The summed E-state index contributed by atoms with van der Waals surface area (Å²) in [6.07, 6.45) is 4.72. The predicted octanol–water partition coefficient (Wildman–Crippen LogP) is 0.0344. The van der Waals surface area contributed by atoms with Crippen molar-refractivity contribution in [3.05, 3.63) is 30.1 Å². The van der Waals surface area contributed by atoms with Crippen LogP contribution in [-0.4, -0.2) is 42.0 Å². The first-order valence-electron chi connectivity index (χ1n) is 4.40. The highest BCUT2D eigenvalue weighted by molar-refractivity contribution is 5.83. The minimum atomic E-state index is -0.866. The summed E-state index contributed by atoms with van der Waals surface area (Å²) >= 11 is 0. The number of carbonyl (C=O) groups is 1. The van der Waals surface area contributed by atoms with Crippen molar-refractivity contribution in [2.75, 3.05) is 13.7 Å². The van der Waals surface area contributed by atoms with Crippen LogP contribution in [0.5, 0.6) is 0 Å². The number of nitrogens with zero attached hydrogens (tertiary/aromatic N) is 2. The molecule has 0 saturated carbocycles. The second kappa shape index (κ2) is 5.87. The normalized spacial score (nSPS) is 12.7. The van der Waals surface area contributed by atoms with Crippen molar-refractivity contribution in [3.8, 4) is 0 Å². The van der Waals surface area contributed by atoms with Crippen LogP contribution in [-0.2, 0) is 9.53 Å². The van der Waals surface area contributed by atoms with E-state index in [1.54, 1.807) is 24.5 Å². The van der Waals surface area contributed by atoms with Gasteiger partial charge >= 0.3 is 5.97 Å². The van der Waals surface area contributed by atoms with Gasteiger partial charge in [0, 0.05) is 24.2 Å². The monoisotopic (exact) mass is 208 g/mol. The van der Waals surface area contributed by atoms with Crippen molar-refractivity contribution in [2.45, 2.75) is 6.04 Å². The molecule has 0 bridgehead atoms. The van der Waals surface area contributed by atoms with Crippen LogP contribution in [0.2, 0.25) is 0 Å². The van der Waals surface area contributed by atoms with Crippen LogP contribution in [0.1, 0.15) is 5.56 Å². The quantitative estimate of drug-likeness (QED) is 0.560. The number of aromatic nitrogens is 1. The van der Waals surface area contributed by atoms with Crippen LogP contribution in [0.15, 0.2) is 29.5 Å². The second-order valence-corrected chi connectivity index (χ2v) is 2.79. The maximum absolute atomic E-state index is 11.1. The number of esters is 1. The molecule has 5 nitrogen and oxygen atoms in total. The van der Waals surface area contributed by atoms with E-state index >= 15 is 0 Å². The van der Waals surface area contributed by atoms with E-state index in [0.717, 1.165) is 5.56 Å². The summed E-state index contributed by atoms with van der Waals surface area (Å²) in [5.41, 5.74) is 0.764. The molecular weight excluding hydrogens is 196 g/mol. The van der Waals surface area contributed by atoms with E-state index in [-0.39, 0.29) is 6.61 Å². The van der Waals surface area contributed by atoms with Gasteiger partial charge in [-0.25, -0.2) is 4.79 Å². The first-order valence-corrected chi connectivity index (χ1v) is 4.40. The van der Waals surface area contributed by atoms with Crippen LogP contribution in [0.4, 0.5) is 0 Å². The SMILES string of the molecule is COC(=O)C(CO)N=Cc1cccnc1. The van der Waals surface area contributed by atoms with Gasteiger partial charge in [-0.3, -0.25) is 9.98 Å². The summed E-state index contributed by atoms with van der Waals surface area (Å²) < 4.78 is 4.46. The molecule has 1 aromatic heterocycles. The van der Waals surface area contributed by atoms with Crippen LogP contribution in [0.25, 0.3) is 0 Å². The molecule has 1 atom stereocenters. The van der Waals surface area contributed by atoms with Crippen molar-refractivity contribution in [2.24, 2.45) is 4.99 Å². The molecule has 0 spiro atoms. The van der Waals surface area contributed by atoms with E-state index in [4.69, 9.17) is 5.11 Å². The van der Waals surface area contributed by atoms with Crippen LogP contribution in [0, 0.1) is 0 Å². The highest BCUT2D eigenvalue weighted by Gasteiger charge is 2.15. The number of aliphatic hydroxyl groups excluding tert-OH is 1. The van der Waals surface area contributed by atoms with Gasteiger partial charge in [-0.15, -0.1) is 0 Å². The fraction of sp³-hybridized carbons (Fsp3) is 0.300. The highest BCUT2D eigenvalue weighted by Crippen LogP contribution is 1.96. The van der Waals surface area contributed by atoms with Gasteiger partial charge in [-0.2, -0.15) is 0 Å². The van der Waals surface area contributed by atoms with E-state index in [2.05, 4.69) is 14.7 Å². The van der Waals surface area contributed by atoms with Gasteiger partial charge in [0.05, 0.1) is 13.7 Å². The lowest BCUT2D eigenvalue weighted by Crippen LogP contribution is -2.24. The molecule has 15 heavy (non-hydrogen) atoms. The largest absolute Gasteiger partial charge is 0.467 e. The van der Waals surface area contributed by atoms with Gasteiger partial charge in [0.25, 0.3) is 0 Å². The molecule has 0 aliphatic rings. The number of hydrogen-bond acceptors (Lipinski definition) is 5. The van der Waals surface area contributed by atoms with Gasteiger partial charge in [0.1, 0.15) is 0 Å². The Hall–Kier alpha value is -1.75. The predicted molar refractivity (Wildman–Crippen MR) is 54.7 cm³/mol. The van der Waals surface area contributed by atoms with Crippen LogP contribution in [0.3, 0.4) is 0 Å². The summed E-state index contributed by atoms with van der Waals surface area (Å²) in [4.78, 5) is 18.8. The Morgan fingerprint density at radius 3 is 3.13 bits per heavy atom. The molecule has 5 heteroatoms. The third kappa shape index (κ3) is 3.47. The molecule has 0 amide bonds. The minimum Gasteiger partial charge on any atom is -0.467 e. The third-order valence-electron chi connectivity index (χ3n) is 1.73. The number of carbonyl (C=O) groups excluding carboxylic acids is 1. The Balaban J connectivity index is 2.67. The summed E-state index contributed by atoms with van der Waals surface area (Å²) in [5.74, 6) is -0.558. The lowest BCUT2D eigenvalue weighted by Gasteiger charge is -2.05. The van der Waals surface area contributed by atoms with Crippen LogP contribution >= 0.6 is 0 Å². The summed E-state index contributed by atoms with van der Waals surface area (Å²) in [6, 6.07) is 2.69. The second-order valence-electron chi connectivity index (χ2n) is 2.79. The Bertz CT molecular complexity index is 338. The summed E-state index contributed by atoms with van der Waals surface area (Å²) in [6.45, 7) is -0.372. The molecule has 0 aliphatic carbocycles. The zero-order valence-corrected chi connectivity index (χ0v) is 8.33. The lowest BCUT2D eigenvalue weighted by molar-refractivity contribution is -0.142. The molecule has 80 valence electrons. The Labute approximate surface area is 87.4 Å². The number of pyridine rings is 1. The molecule has 0 radical (unpaired) electrons. The van der Waals surface area contributed by atoms with Gasteiger partial charge in [0.15, 0.2) is 6.04 Å². The van der Waals surface area contributed by atoms with E-state index in [0.29, 0.717) is 0 Å². The van der Waals surface area contributed by atoms with Crippen molar-refractivity contribution < 1.29 is 14.6 Å². The maximum atomic E-state index is 11.1. The van der Waals surface area contributed by atoms with Crippen molar-refractivity contribution in [3.63, 3.8) is 0 Å². The molecule has 1 rings (SSSR count). The van der Waals surface area contributed by atoms with E-state index < -0.39 is 12.0 Å². The van der Waals surface area contributed by atoms with Crippen molar-refractivity contribution >= 4 is 12.2 Å². The number of ether oxygens (including phenoxy) is 1. The number of rotatable bonds is 4. The van der Waals surface area contributed by atoms with Crippen molar-refractivity contribution in [1.82, 2.24) is 4.98 Å². The fourth-order valence-corrected chi connectivity index (χ4v) is 0.947.